The van der Waals surface area contributed by atoms with Crippen LogP contribution < -0.4 is 21.9 Å². The second-order valence-corrected chi connectivity index (χ2v) is 6.32. The number of carbonyl (C=O) groups is 1. The molecule has 0 spiro atoms. The molecule has 2 aromatic carbocycles. The number of hydrazine groups is 1. The molecule has 138 valence electrons. The molecule has 1 heterocycles. The minimum absolute atomic E-state index is 0.276. The van der Waals surface area contributed by atoms with E-state index in [2.05, 4.69) is 26.1 Å². The molecule has 0 saturated carbocycles. The first-order valence-corrected chi connectivity index (χ1v) is 8.59. The van der Waals surface area contributed by atoms with Crippen LogP contribution in [0.1, 0.15) is 21.5 Å². The Morgan fingerprint density at radius 1 is 1.04 bits per heavy atom. The first kappa shape index (κ1) is 18.5. The van der Waals surface area contributed by atoms with Crippen LogP contribution in [-0.4, -0.2) is 15.9 Å². The Hall–Kier alpha value is -3.32. The maximum atomic E-state index is 12.3. The molecule has 8 heteroatoms. The molecule has 3 aromatic rings. The Kier molecular flexibility index (Phi) is 5.42. The summed E-state index contributed by atoms with van der Waals surface area (Å²) >= 11 is 6.03. The van der Waals surface area contributed by atoms with Gasteiger partial charge in [0.15, 0.2) is 11.6 Å². The normalized spacial score (nSPS) is 10.3. The van der Waals surface area contributed by atoms with Gasteiger partial charge in [-0.2, -0.15) is 0 Å². The fraction of sp³-hybridized carbons (Fsp3) is 0.105. The largest absolute Gasteiger partial charge is 0.393 e. The third-order valence-electron chi connectivity index (χ3n) is 4.15. The van der Waals surface area contributed by atoms with Crippen molar-refractivity contribution in [1.82, 2.24) is 15.4 Å². The van der Waals surface area contributed by atoms with Crippen LogP contribution in [0.3, 0.4) is 0 Å². The van der Waals surface area contributed by atoms with Crippen molar-refractivity contribution in [3.63, 3.8) is 0 Å². The number of anilines is 4. The summed E-state index contributed by atoms with van der Waals surface area (Å²) in [6.45, 7) is 4.04. The van der Waals surface area contributed by atoms with Gasteiger partial charge in [-0.1, -0.05) is 35.9 Å². The zero-order chi connectivity index (χ0) is 19.4. The number of benzene rings is 2. The van der Waals surface area contributed by atoms with Gasteiger partial charge < -0.3 is 11.1 Å². The van der Waals surface area contributed by atoms with Gasteiger partial charge in [0, 0.05) is 5.69 Å². The van der Waals surface area contributed by atoms with Gasteiger partial charge in [0.05, 0.1) is 10.6 Å². The summed E-state index contributed by atoms with van der Waals surface area (Å²) in [6, 6.07) is 12.7. The Balaban J connectivity index is 1.76. The average molecular weight is 383 g/mol. The molecule has 0 radical (unpaired) electrons. The van der Waals surface area contributed by atoms with Gasteiger partial charge in [-0.3, -0.25) is 15.6 Å². The maximum Gasteiger partial charge on any atom is 0.271 e. The molecule has 5 N–H and O–H groups in total. The number of halogens is 1. The van der Waals surface area contributed by atoms with Gasteiger partial charge in [0.2, 0.25) is 0 Å². The Morgan fingerprint density at radius 2 is 1.78 bits per heavy atom. The molecule has 0 saturated heterocycles. The molecular formula is C19H19ClN6O. The van der Waals surface area contributed by atoms with Crippen LogP contribution in [0.15, 0.2) is 48.8 Å². The minimum atomic E-state index is -0.400. The summed E-state index contributed by atoms with van der Waals surface area (Å²) < 4.78 is 0. The lowest BCUT2D eigenvalue weighted by atomic mass is 10.1. The summed E-state index contributed by atoms with van der Waals surface area (Å²) in [4.78, 5) is 20.5. The highest BCUT2D eigenvalue weighted by Crippen LogP contribution is 2.28. The lowest BCUT2D eigenvalue weighted by Gasteiger charge is -2.15. The van der Waals surface area contributed by atoms with Crippen molar-refractivity contribution in [3.8, 4) is 0 Å². The molecular weight excluding hydrogens is 364 g/mol. The fourth-order valence-electron chi connectivity index (χ4n) is 2.44. The van der Waals surface area contributed by atoms with E-state index in [4.69, 9.17) is 17.3 Å². The maximum absolute atomic E-state index is 12.3. The summed E-state index contributed by atoms with van der Waals surface area (Å²) in [5.74, 6) is 0.314. The van der Waals surface area contributed by atoms with E-state index in [9.17, 15) is 4.79 Å². The highest BCUT2D eigenvalue weighted by molar-refractivity contribution is 6.33. The number of hydrogen-bond donors (Lipinski definition) is 4. The molecule has 7 nitrogen and oxygen atoms in total. The monoisotopic (exact) mass is 382 g/mol. The second-order valence-electron chi connectivity index (χ2n) is 5.92. The van der Waals surface area contributed by atoms with E-state index in [1.165, 1.54) is 6.33 Å². The van der Waals surface area contributed by atoms with Crippen LogP contribution in [-0.2, 0) is 0 Å². The fourth-order valence-corrected chi connectivity index (χ4v) is 2.66. The average Bonchev–Trinajstić information content (AvgIpc) is 2.66. The van der Waals surface area contributed by atoms with Crippen LogP contribution >= 0.6 is 11.6 Å². The predicted octanol–water partition coefficient (Wildman–Crippen LogP) is 3.83. The molecule has 1 aromatic heterocycles. The van der Waals surface area contributed by atoms with E-state index in [-0.39, 0.29) is 11.5 Å². The van der Waals surface area contributed by atoms with E-state index >= 15 is 0 Å². The van der Waals surface area contributed by atoms with Gasteiger partial charge in [-0.25, -0.2) is 9.97 Å². The number of carbonyl (C=O) groups excluding carboxylic acids is 1. The van der Waals surface area contributed by atoms with E-state index < -0.39 is 5.91 Å². The van der Waals surface area contributed by atoms with Crippen molar-refractivity contribution in [1.29, 1.82) is 0 Å². The molecule has 0 atom stereocenters. The van der Waals surface area contributed by atoms with Gasteiger partial charge in [0.25, 0.3) is 5.91 Å². The molecule has 27 heavy (non-hydrogen) atoms. The molecule has 3 rings (SSSR count). The van der Waals surface area contributed by atoms with Crippen LogP contribution in [0.5, 0.6) is 0 Å². The van der Waals surface area contributed by atoms with Crippen molar-refractivity contribution < 1.29 is 4.79 Å². The van der Waals surface area contributed by atoms with E-state index in [0.717, 1.165) is 16.8 Å². The quantitative estimate of drug-likeness (QED) is 0.500. The predicted molar refractivity (Wildman–Crippen MR) is 108 cm³/mol. The van der Waals surface area contributed by atoms with Gasteiger partial charge >= 0.3 is 0 Å². The smallest absolute Gasteiger partial charge is 0.271 e. The number of nitrogen functional groups attached to an aromatic ring is 1. The SMILES string of the molecule is Cc1cccc(Nc2ncnc(NNC(=O)c3ccccc3Cl)c2N)c1C. The molecule has 1 amide bonds. The minimum Gasteiger partial charge on any atom is -0.393 e. The summed E-state index contributed by atoms with van der Waals surface area (Å²) in [5, 5.41) is 3.55. The molecule has 0 aliphatic heterocycles. The number of aromatic nitrogens is 2. The zero-order valence-electron chi connectivity index (χ0n) is 14.9. The number of nitrogens with one attached hydrogen (secondary N) is 3. The first-order valence-electron chi connectivity index (χ1n) is 8.22. The van der Waals surface area contributed by atoms with Crippen molar-refractivity contribution in [2.24, 2.45) is 0 Å². The standard InChI is InChI=1S/C19H19ClN6O/c1-11-6-5-9-15(12(11)2)24-17-16(21)18(23-10-22-17)25-26-19(27)13-7-3-4-8-14(13)20/h3-10H,21H2,1-2H3,(H,26,27)(H2,22,23,24,25). The number of amides is 1. The molecule has 0 bridgehead atoms. The lowest BCUT2D eigenvalue weighted by Crippen LogP contribution is -2.30. The van der Waals surface area contributed by atoms with Crippen molar-refractivity contribution in [2.45, 2.75) is 13.8 Å². The molecule has 0 aliphatic rings. The lowest BCUT2D eigenvalue weighted by molar-refractivity contribution is 0.0962. The molecule has 0 unspecified atom stereocenters. The Bertz CT molecular complexity index is 992. The number of nitrogens with two attached hydrogens (primary N) is 1. The number of hydrogen-bond acceptors (Lipinski definition) is 6. The summed E-state index contributed by atoms with van der Waals surface area (Å²) in [5.41, 5.74) is 15.2. The third kappa shape index (κ3) is 4.09. The Labute approximate surface area is 162 Å². The van der Waals surface area contributed by atoms with Crippen LogP contribution in [0, 0.1) is 13.8 Å². The Morgan fingerprint density at radius 3 is 2.56 bits per heavy atom. The second kappa shape index (κ2) is 7.92. The number of rotatable bonds is 5. The summed E-state index contributed by atoms with van der Waals surface area (Å²) in [6.07, 6.45) is 1.35. The van der Waals surface area contributed by atoms with Gasteiger partial charge in [0.1, 0.15) is 12.0 Å². The highest BCUT2D eigenvalue weighted by Gasteiger charge is 2.13. The topological polar surface area (TPSA) is 105 Å². The van der Waals surface area contributed by atoms with Crippen LogP contribution in [0.2, 0.25) is 5.02 Å². The molecule has 0 fully saturated rings. The van der Waals surface area contributed by atoms with E-state index in [0.29, 0.717) is 16.4 Å². The van der Waals surface area contributed by atoms with Gasteiger partial charge in [-0.15, -0.1) is 0 Å². The zero-order valence-corrected chi connectivity index (χ0v) is 15.6. The first-order chi connectivity index (χ1) is 13.0. The number of nitrogens with zero attached hydrogens (tertiary/aromatic N) is 2. The van der Waals surface area contributed by atoms with Crippen molar-refractivity contribution in [2.75, 3.05) is 16.5 Å². The van der Waals surface area contributed by atoms with Crippen molar-refractivity contribution >= 4 is 40.5 Å². The molecule has 0 aliphatic carbocycles. The van der Waals surface area contributed by atoms with Crippen LogP contribution in [0.25, 0.3) is 0 Å². The van der Waals surface area contributed by atoms with E-state index in [1.807, 2.05) is 32.0 Å². The van der Waals surface area contributed by atoms with E-state index in [1.54, 1.807) is 24.3 Å². The third-order valence-corrected chi connectivity index (χ3v) is 4.48. The number of aryl methyl sites for hydroxylation is 1. The van der Waals surface area contributed by atoms with Crippen LogP contribution in [0.4, 0.5) is 23.0 Å². The van der Waals surface area contributed by atoms with Gasteiger partial charge in [-0.05, 0) is 43.2 Å². The highest BCUT2D eigenvalue weighted by atomic mass is 35.5. The van der Waals surface area contributed by atoms with Crippen molar-refractivity contribution in [3.05, 3.63) is 70.5 Å². The summed E-state index contributed by atoms with van der Waals surface area (Å²) in [7, 11) is 0.